The molecule has 0 aliphatic carbocycles. The van der Waals surface area contributed by atoms with Gasteiger partial charge in [0, 0.05) is 50.3 Å². The average molecular weight is 980 g/mol. The van der Waals surface area contributed by atoms with Crippen LogP contribution in [0.2, 0.25) is 0 Å². The molecule has 0 saturated carbocycles. The van der Waals surface area contributed by atoms with Crippen LogP contribution in [0, 0.1) is 17.6 Å². The predicted octanol–water partition coefficient (Wildman–Crippen LogP) is 8.71. The number of Topliss-reactive ketones (excluding diaryl/α,β-unsaturated/α-hetero) is 1. The number of aromatic nitrogens is 4. The molecule has 2 aliphatic rings. The molecule has 15 nitrogen and oxygen atoms in total. The fourth-order valence-corrected chi connectivity index (χ4v) is 7.80. The van der Waals surface area contributed by atoms with Crippen LogP contribution in [0.3, 0.4) is 0 Å². The van der Waals surface area contributed by atoms with Gasteiger partial charge in [-0.1, -0.05) is 50.2 Å². The molecular weight excluding hydrogens is 913 g/mol. The normalized spacial score (nSPS) is 14.1. The number of carbonyl (C=O) groups is 3. The fourth-order valence-electron chi connectivity index (χ4n) is 7.80. The molecule has 0 atom stereocenters. The Morgan fingerprint density at radius 2 is 1.06 bits per heavy atom. The Hall–Kier alpha value is -6.95. The number of ketones is 1. The van der Waals surface area contributed by atoms with Crippen LogP contribution < -0.4 is 24.7 Å². The number of benzene rings is 4. The summed E-state index contributed by atoms with van der Waals surface area (Å²) < 4.78 is 50.6. The molecule has 8 rings (SSSR count). The molecule has 380 valence electrons. The minimum atomic E-state index is -0.959. The Balaban J connectivity index is 0.000000189. The highest BCUT2D eigenvalue weighted by molar-refractivity contribution is 5.80. The molecule has 0 amide bonds. The van der Waals surface area contributed by atoms with Crippen molar-refractivity contribution in [2.24, 2.45) is 11.7 Å². The van der Waals surface area contributed by atoms with Gasteiger partial charge in [-0.25, -0.2) is 28.3 Å². The number of hydrogen-bond donors (Lipinski definition) is 2. The van der Waals surface area contributed by atoms with Gasteiger partial charge in [-0.3, -0.25) is 23.7 Å². The van der Waals surface area contributed by atoms with E-state index in [1.807, 2.05) is 48.5 Å². The number of rotatable bonds is 16. The smallest absolute Gasteiger partial charge is 0.341 e. The lowest BCUT2D eigenvalue weighted by Crippen LogP contribution is -2.39. The molecule has 71 heavy (non-hydrogen) atoms. The topological polar surface area (TPSA) is 176 Å². The maximum absolute atomic E-state index is 13.9. The number of nitrogens with zero attached hydrogens (tertiary/aromatic N) is 6. The first kappa shape index (κ1) is 55.0. The number of halogens is 2. The summed E-state index contributed by atoms with van der Waals surface area (Å²) in [6.45, 7) is 9.36. The second-order valence-electron chi connectivity index (χ2n) is 17.2. The Morgan fingerprint density at radius 3 is 1.44 bits per heavy atom. The van der Waals surface area contributed by atoms with Crippen molar-refractivity contribution in [3.63, 3.8) is 0 Å². The SMILES string of the molecule is CCc1ccc(OCC(=O)CC2CCN(Cc3ccc(OC)c(F)c3)CC2)cc1.CCc1ccc(OCC(=O)O)cc1.COc1ccc(CN2CCC(N)CC2)cc1F.O=C(n1ccnc1)n1ccnc1. The van der Waals surface area contributed by atoms with Crippen LogP contribution in [-0.2, 0) is 35.5 Å². The molecule has 2 aromatic heterocycles. The van der Waals surface area contributed by atoms with Gasteiger partial charge < -0.3 is 29.8 Å². The third-order valence-corrected chi connectivity index (χ3v) is 12.0. The number of piperidine rings is 2. The maximum atomic E-state index is 13.9. The molecule has 2 saturated heterocycles. The summed E-state index contributed by atoms with van der Waals surface area (Å²) in [4.78, 5) is 46.0. The first-order chi connectivity index (χ1) is 34.3. The minimum absolute atomic E-state index is 0.136. The van der Waals surface area contributed by atoms with E-state index in [1.54, 1.807) is 61.2 Å². The van der Waals surface area contributed by atoms with E-state index >= 15 is 0 Å². The summed E-state index contributed by atoms with van der Waals surface area (Å²) in [5, 5.41) is 8.35. The van der Waals surface area contributed by atoms with Crippen molar-refractivity contribution in [3.8, 4) is 23.0 Å². The van der Waals surface area contributed by atoms with Crippen LogP contribution >= 0.6 is 0 Å². The number of ether oxygens (including phenoxy) is 4. The van der Waals surface area contributed by atoms with Crippen molar-refractivity contribution in [2.75, 3.05) is 53.6 Å². The zero-order valence-electron chi connectivity index (χ0n) is 41.1. The molecule has 0 radical (unpaired) electrons. The van der Waals surface area contributed by atoms with Gasteiger partial charge in [-0.2, -0.15) is 0 Å². The summed E-state index contributed by atoms with van der Waals surface area (Å²) in [5.41, 5.74) is 10.2. The quantitative estimate of drug-likeness (QED) is 0.0943. The number of carboxylic acids is 1. The maximum Gasteiger partial charge on any atom is 0.341 e. The molecule has 0 spiro atoms. The highest BCUT2D eigenvalue weighted by atomic mass is 19.1. The van der Waals surface area contributed by atoms with E-state index in [9.17, 15) is 23.2 Å². The number of imidazole rings is 2. The van der Waals surface area contributed by atoms with Crippen LogP contribution in [0.25, 0.3) is 0 Å². The fraction of sp³-hybridized carbons (Fsp3) is 0.389. The summed E-state index contributed by atoms with van der Waals surface area (Å²) in [6, 6.07) is 25.7. The largest absolute Gasteiger partial charge is 0.494 e. The second kappa shape index (κ2) is 29.3. The van der Waals surface area contributed by atoms with Gasteiger partial charge in [0.2, 0.25) is 0 Å². The highest BCUT2D eigenvalue weighted by Gasteiger charge is 2.22. The lowest BCUT2D eigenvalue weighted by molar-refractivity contribution is -0.139. The van der Waals surface area contributed by atoms with Crippen LogP contribution in [0.4, 0.5) is 13.6 Å². The molecule has 2 aliphatic heterocycles. The van der Waals surface area contributed by atoms with E-state index < -0.39 is 5.97 Å². The van der Waals surface area contributed by atoms with Gasteiger partial charge in [0.15, 0.2) is 35.5 Å². The van der Waals surface area contributed by atoms with E-state index in [1.165, 1.54) is 47.1 Å². The number of aryl methyl sites for hydroxylation is 2. The van der Waals surface area contributed by atoms with Crippen molar-refractivity contribution in [1.29, 1.82) is 0 Å². The number of aliphatic carboxylic acids is 1. The second-order valence-corrected chi connectivity index (χ2v) is 17.2. The van der Waals surface area contributed by atoms with E-state index in [-0.39, 0.29) is 42.4 Å². The zero-order valence-corrected chi connectivity index (χ0v) is 41.1. The first-order valence-electron chi connectivity index (χ1n) is 23.9. The Morgan fingerprint density at radius 1 is 0.634 bits per heavy atom. The zero-order chi connectivity index (χ0) is 51.0. The van der Waals surface area contributed by atoms with Crippen molar-refractivity contribution in [3.05, 3.63) is 156 Å². The van der Waals surface area contributed by atoms with Gasteiger partial charge in [0.05, 0.1) is 14.2 Å². The van der Waals surface area contributed by atoms with Crippen molar-refractivity contribution in [1.82, 2.24) is 28.9 Å². The summed E-state index contributed by atoms with van der Waals surface area (Å²) in [7, 11) is 2.95. The third-order valence-electron chi connectivity index (χ3n) is 12.0. The standard InChI is InChI=1S/C24H30FNO3.C13H19FN2O.C10H12O3.C7H6N4O/c1-3-18-4-7-22(8-5-18)29-17-21(27)14-19-10-12-26(13-11-19)16-20-6-9-24(28-2)23(25)15-20;1-17-13-3-2-10(8-12(13)14)9-16-6-4-11(15)5-7-16;1-2-8-3-5-9(6-4-8)13-7-10(11)12;12-7(10-3-1-8-5-10)11-4-2-9-6-11/h4-9,15,19H,3,10-14,16-17H2,1-2H3;2-3,8,11H,4-7,9,15H2,1H3;3-6H,2,7H2,1H3,(H,11,12);1-6H. The number of likely N-dealkylation sites (tertiary alicyclic amines) is 2. The van der Waals surface area contributed by atoms with Gasteiger partial charge in [-0.15, -0.1) is 0 Å². The van der Waals surface area contributed by atoms with E-state index in [4.69, 9.17) is 29.8 Å². The lowest BCUT2D eigenvalue weighted by atomic mass is 9.91. The molecule has 6 aromatic rings. The van der Waals surface area contributed by atoms with Gasteiger partial charge >= 0.3 is 12.0 Å². The number of carboxylic acid groups (broad SMARTS) is 1. The summed E-state index contributed by atoms with van der Waals surface area (Å²) in [5.74, 6) is 0.895. The Kier molecular flexibility index (Phi) is 22.7. The molecular formula is C54H67F2N7O8. The average Bonchev–Trinajstić information content (AvgIpc) is 4.14. The van der Waals surface area contributed by atoms with Crippen LogP contribution in [0.1, 0.15) is 68.2 Å². The molecule has 3 N–H and O–H groups in total. The van der Waals surface area contributed by atoms with Crippen LogP contribution in [0.15, 0.2) is 122 Å². The van der Waals surface area contributed by atoms with Crippen molar-refractivity contribution < 1.29 is 47.2 Å². The monoisotopic (exact) mass is 980 g/mol. The molecule has 2 fully saturated rings. The third kappa shape index (κ3) is 19.1. The Labute approximate surface area is 415 Å². The van der Waals surface area contributed by atoms with Gasteiger partial charge in [0.1, 0.15) is 30.8 Å². The lowest BCUT2D eigenvalue weighted by Gasteiger charge is -2.31. The molecule has 17 heteroatoms. The van der Waals surface area contributed by atoms with Gasteiger partial charge in [0.25, 0.3) is 0 Å². The molecule has 4 heterocycles. The summed E-state index contributed by atoms with van der Waals surface area (Å²) >= 11 is 0. The first-order valence-corrected chi connectivity index (χ1v) is 23.9. The molecule has 0 bridgehead atoms. The van der Waals surface area contributed by atoms with Gasteiger partial charge in [-0.05, 0) is 141 Å². The highest BCUT2D eigenvalue weighted by Crippen LogP contribution is 2.25. The van der Waals surface area contributed by atoms with Crippen molar-refractivity contribution in [2.45, 2.75) is 77.9 Å². The minimum Gasteiger partial charge on any atom is -0.494 e. The van der Waals surface area contributed by atoms with Crippen LogP contribution in [-0.4, -0.2) is 111 Å². The number of carbonyl (C=O) groups excluding carboxylic acids is 2. The molecule has 4 aromatic carbocycles. The number of methoxy groups -OCH3 is 2. The van der Waals surface area contributed by atoms with Crippen LogP contribution in [0.5, 0.6) is 23.0 Å². The van der Waals surface area contributed by atoms with E-state index in [0.29, 0.717) is 29.9 Å². The number of hydrogen-bond acceptors (Lipinski definition) is 12. The summed E-state index contributed by atoms with van der Waals surface area (Å²) in [6.07, 6.45) is 15.7. The predicted molar refractivity (Wildman–Crippen MR) is 267 cm³/mol. The van der Waals surface area contributed by atoms with E-state index in [0.717, 1.165) is 94.7 Å². The van der Waals surface area contributed by atoms with Crippen molar-refractivity contribution >= 4 is 17.8 Å². The van der Waals surface area contributed by atoms with E-state index in [2.05, 4.69) is 33.6 Å². The Bertz CT molecular complexity index is 2460. The number of nitrogens with two attached hydrogens (primary N) is 1. The molecule has 0 unspecified atom stereocenters.